The van der Waals surface area contributed by atoms with E-state index >= 15 is 0 Å². The van der Waals surface area contributed by atoms with Gasteiger partial charge < -0.3 is 11.1 Å². The third-order valence-corrected chi connectivity index (χ3v) is 3.47. The molecule has 94 valence electrons. The molecule has 3 N–H and O–H groups in total. The van der Waals surface area contributed by atoms with E-state index in [4.69, 9.17) is 18.0 Å². The maximum atomic E-state index is 5.54. The summed E-state index contributed by atoms with van der Waals surface area (Å²) in [6.07, 6.45) is 4.32. The molecule has 0 aromatic carbocycles. The van der Waals surface area contributed by atoms with Crippen LogP contribution in [0.3, 0.4) is 0 Å². The van der Waals surface area contributed by atoms with Gasteiger partial charge in [0.15, 0.2) is 0 Å². The number of nitrogens with zero attached hydrogens (tertiary/aromatic N) is 3. The summed E-state index contributed by atoms with van der Waals surface area (Å²) in [5, 5.41) is 6.20. The number of anilines is 1. The highest BCUT2D eigenvalue weighted by Crippen LogP contribution is 2.22. The van der Waals surface area contributed by atoms with Gasteiger partial charge in [-0.05, 0) is 12.5 Å². The fourth-order valence-corrected chi connectivity index (χ4v) is 2.35. The molecule has 0 saturated heterocycles. The van der Waals surface area contributed by atoms with Gasteiger partial charge in [0.05, 0.1) is 6.04 Å². The van der Waals surface area contributed by atoms with Crippen LogP contribution in [0.4, 0.5) is 5.95 Å². The van der Waals surface area contributed by atoms with Crippen LogP contribution in [0.2, 0.25) is 0 Å². The first-order chi connectivity index (χ1) is 8.70. The van der Waals surface area contributed by atoms with Crippen molar-refractivity contribution in [2.45, 2.75) is 19.4 Å². The van der Waals surface area contributed by atoms with Crippen molar-refractivity contribution in [3.8, 4) is 0 Å². The number of nitrogens with one attached hydrogen (secondary N) is 1. The predicted molar refractivity (Wildman–Crippen MR) is 76.7 cm³/mol. The molecule has 7 heteroatoms. The van der Waals surface area contributed by atoms with E-state index in [1.807, 2.05) is 5.38 Å². The Kier molecular flexibility index (Phi) is 4.16. The van der Waals surface area contributed by atoms with Gasteiger partial charge in [0.1, 0.15) is 15.7 Å². The van der Waals surface area contributed by atoms with Gasteiger partial charge in [-0.1, -0.05) is 19.1 Å². The molecule has 2 heterocycles. The van der Waals surface area contributed by atoms with E-state index < -0.39 is 0 Å². The molecule has 18 heavy (non-hydrogen) atoms. The molecule has 0 bridgehead atoms. The van der Waals surface area contributed by atoms with Gasteiger partial charge in [-0.2, -0.15) is 0 Å². The molecule has 0 saturated carbocycles. The largest absolute Gasteiger partial charge is 0.388 e. The molecule has 1 atom stereocenters. The van der Waals surface area contributed by atoms with E-state index in [1.165, 1.54) is 0 Å². The monoisotopic (exact) mass is 279 g/mol. The minimum atomic E-state index is 0.103. The minimum absolute atomic E-state index is 0.103. The van der Waals surface area contributed by atoms with Crippen LogP contribution in [0.1, 0.15) is 30.1 Å². The first kappa shape index (κ1) is 12.8. The van der Waals surface area contributed by atoms with Crippen molar-refractivity contribution in [1.82, 2.24) is 15.0 Å². The lowest BCUT2D eigenvalue weighted by atomic mass is 10.2. The summed E-state index contributed by atoms with van der Waals surface area (Å²) in [6, 6.07) is 1.80. The van der Waals surface area contributed by atoms with E-state index in [-0.39, 0.29) is 11.0 Å². The summed E-state index contributed by atoms with van der Waals surface area (Å²) in [5.74, 6) is 0.516. The van der Waals surface area contributed by atoms with Crippen molar-refractivity contribution >= 4 is 34.5 Å². The number of hydrogen-bond donors (Lipinski definition) is 2. The summed E-state index contributed by atoms with van der Waals surface area (Å²) in [6.45, 7) is 2.08. The molecule has 0 aliphatic carbocycles. The zero-order valence-corrected chi connectivity index (χ0v) is 11.5. The highest BCUT2D eigenvalue weighted by atomic mass is 32.1. The summed E-state index contributed by atoms with van der Waals surface area (Å²) >= 11 is 6.50. The van der Waals surface area contributed by atoms with Crippen LogP contribution in [0.25, 0.3) is 0 Å². The predicted octanol–water partition coefficient (Wildman–Crippen LogP) is 2.13. The Bertz CT molecular complexity index is 526. The second-order valence-electron chi connectivity index (χ2n) is 3.61. The molecule has 2 rings (SSSR count). The highest BCUT2D eigenvalue weighted by Gasteiger charge is 2.13. The molecule has 0 aliphatic rings. The SMILES string of the molecule is CCC(Nc1nccc(C(N)=S)n1)c1nccs1. The topological polar surface area (TPSA) is 76.7 Å². The molecule has 0 amide bonds. The molecule has 2 aromatic heterocycles. The molecule has 2 aromatic rings. The fraction of sp³-hybridized carbons (Fsp3) is 0.273. The molecule has 0 aliphatic heterocycles. The van der Waals surface area contributed by atoms with Gasteiger partial charge in [-0.15, -0.1) is 11.3 Å². The third kappa shape index (κ3) is 2.99. The standard InChI is InChI=1S/C11H13N5S2/c1-2-7(10-13-5-6-18-10)15-11-14-4-3-8(16-11)9(12)17/h3-7H,2H2,1H3,(H2,12,17)(H,14,15,16). The van der Waals surface area contributed by atoms with E-state index in [0.717, 1.165) is 11.4 Å². The molecule has 1 unspecified atom stereocenters. The number of thiazole rings is 1. The van der Waals surface area contributed by atoms with Crippen LogP contribution in [-0.2, 0) is 0 Å². The van der Waals surface area contributed by atoms with Crippen LogP contribution in [0.5, 0.6) is 0 Å². The van der Waals surface area contributed by atoms with Crippen molar-refractivity contribution in [2.24, 2.45) is 5.73 Å². The molecule has 0 spiro atoms. The number of hydrogen-bond acceptors (Lipinski definition) is 6. The maximum absolute atomic E-state index is 5.54. The lowest BCUT2D eigenvalue weighted by molar-refractivity contribution is 0.731. The molecular formula is C11H13N5S2. The van der Waals surface area contributed by atoms with E-state index in [1.54, 1.807) is 29.8 Å². The number of rotatable bonds is 5. The summed E-state index contributed by atoms with van der Waals surface area (Å²) in [5.41, 5.74) is 6.11. The van der Waals surface area contributed by atoms with Crippen molar-refractivity contribution in [1.29, 1.82) is 0 Å². The Labute approximate surface area is 114 Å². The highest BCUT2D eigenvalue weighted by molar-refractivity contribution is 7.80. The van der Waals surface area contributed by atoms with Gasteiger partial charge in [-0.25, -0.2) is 15.0 Å². The zero-order valence-electron chi connectivity index (χ0n) is 9.83. The smallest absolute Gasteiger partial charge is 0.223 e. The zero-order chi connectivity index (χ0) is 13.0. The van der Waals surface area contributed by atoms with Gasteiger partial charge in [0, 0.05) is 17.8 Å². The second kappa shape index (κ2) is 5.83. The van der Waals surface area contributed by atoms with Gasteiger partial charge in [-0.3, -0.25) is 0 Å². The summed E-state index contributed by atoms with van der Waals surface area (Å²) in [4.78, 5) is 13.0. The Balaban J connectivity index is 2.17. The quantitative estimate of drug-likeness (QED) is 0.817. The van der Waals surface area contributed by atoms with Crippen LogP contribution in [0.15, 0.2) is 23.8 Å². The van der Waals surface area contributed by atoms with Crippen LogP contribution < -0.4 is 11.1 Å². The maximum Gasteiger partial charge on any atom is 0.223 e. The lowest BCUT2D eigenvalue weighted by Gasteiger charge is -2.14. The number of thiocarbonyl (C=S) groups is 1. The molecule has 5 nitrogen and oxygen atoms in total. The fourth-order valence-electron chi connectivity index (χ4n) is 1.47. The normalized spacial score (nSPS) is 12.1. The molecule has 0 radical (unpaired) electrons. The van der Waals surface area contributed by atoms with Gasteiger partial charge in [0.25, 0.3) is 0 Å². The van der Waals surface area contributed by atoms with Crippen molar-refractivity contribution in [3.05, 3.63) is 34.5 Å². The third-order valence-electron chi connectivity index (χ3n) is 2.37. The average molecular weight is 279 g/mol. The first-order valence-electron chi connectivity index (χ1n) is 5.49. The van der Waals surface area contributed by atoms with Crippen LogP contribution >= 0.6 is 23.6 Å². The van der Waals surface area contributed by atoms with Crippen LogP contribution in [0, 0.1) is 0 Å². The van der Waals surface area contributed by atoms with Crippen molar-refractivity contribution < 1.29 is 0 Å². The molecular weight excluding hydrogens is 266 g/mol. The van der Waals surface area contributed by atoms with Crippen LogP contribution in [-0.4, -0.2) is 19.9 Å². The van der Waals surface area contributed by atoms with Gasteiger partial charge >= 0.3 is 0 Å². The Morgan fingerprint density at radius 1 is 1.50 bits per heavy atom. The minimum Gasteiger partial charge on any atom is -0.388 e. The summed E-state index contributed by atoms with van der Waals surface area (Å²) in [7, 11) is 0. The van der Waals surface area contributed by atoms with E-state index in [0.29, 0.717) is 11.6 Å². The molecule has 0 fully saturated rings. The Hall–Kier alpha value is -1.60. The first-order valence-corrected chi connectivity index (χ1v) is 6.78. The Morgan fingerprint density at radius 3 is 2.94 bits per heavy atom. The van der Waals surface area contributed by atoms with Gasteiger partial charge in [0.2, 0.25) is 5.95 Å². The number of aromatic nitrogens is 3. The number of nitrogens with two attached hydrogens (primary N) is 1. The second-order valence-corrected chi connectivity index (χ2v) is 4.97. The van der Waals surface area contributed by atoms with Crippen molar-refractivity contribution in [2.75, 3.05) is 5.32 Å². The Morgan fingerprint density at radius 2 is 2.33 bits per heavy atom. The van der Waals surface area contributed by atoms with E-state index in [2.05, 4.69) is 27.2 Å². The average Bonchev–Trinajstić information content (AvgIpc) is 2.90. The van der Waals surface area contributed by atoms with E-state index in [9.17, 15) is 0 Å². The van der Waals surface area contributed by atoms with Crippen molar-refractivity contribution in [3.63, 3.8) is 0 Å². The summed E-state index contributed by atoms with van der Waals surface area (Å²) < 4.78 is 0. The lowest BCUT2D eigenvalue weighted by Crippen LogP contribution is -2.16.